The Hall–Kier alpha value is -1.36. The largest absolute Gasteiger partial charge is 0.411 e. The van der Waals surface area contributed by atoms with Crippen LogP contribution in [0.4, 0.5) is 13.2 Å². The van der Waals surface area contributed by atoms with Crippen LogP contribution in [0.5, 0.6) is 0 Å². The highest BCUT2D eigenvalue weighted by Gasteiger charge is 2.61. The quantitative estimate of drug-likeness (QED) is 0.325. The minimum atomic E-state index is -4.19. The van der Waals surface area contributed by atoms with Gasteiger partial charge in [0.15, 0.2) is 0 Å². The average molecular weight is 589 g/mol. The summed E-state index contributed by atoms with van der Waals surface area (Å²) in [5.74, 6) is 3.88. The van der Waals surface area contributed by atoms with Crippen LogP contribution in [0.25, 0.3) is 0 Å². The van der Waals surface area contributed by atoms with E-state index >= 15 is 0 Å². The molecule has 0 spiro atoms. The molecule has 1 saturated heterocycles. The lowest BCUT2D eigenvalue weighted by Gasteiger charge is -2.55. The number of rotatable bonds is 4. The first-order valence-electron chi connectivity index (χ1n) is 16.8. The third-order valence-electron chi connectivity index (χ3n) is 13.2. The number of allylic oxidation sites excluding steroid dienone is 5. The second kappa shape index (κ2) is 11.9. The van der Waals surface area contributed by atoms with Crippen LogP contribution in [0, 0.1) is 51.2 Å². The van der Waals surface area contributed by atoms with Gasteiger partial charge in [-0.25, -0.2) is 0 Å². The van der Waals surface area contributed by atoms with Gasteiger partial charge in [-0.15, -0.1) is 0 Å². The molecule has 0 aromatic heterocycles. The molecule has 1 heterocycles. The van der Waals surface area contributed by atoms with Crippen LogP contribution < -0.4 is 0 Å². The lowest BCUT2D eigenvalue weighted by Crippen LogP contribution is -2.55. The van der Waals surface area contributed by atoms with Crippen molar-refractivity contribution in [2.24, 2.45) is 45.8 Å². The Labute approximate surface area is 255 Å². The van der Waals surface area contributed by atoms with Gasteiger partial charge < -0.3 is 5.41 Å². The summed E-state index contributed by atoms with van der Waals surface area (Å²) in [6.45, 7) is 26.7. The summed E-state index contributed by atoms with van der Waals surface area (Å²) < 4.78 is 33.2. The van der Waals surface area contributed by atoms with Crippen LogP contribution >= 0.6 is 0 Å². The van der Waals surface area contributed by atoms with Crippen LogP contribution in [0.3, 0.4) is 0 Å². The van der Waals surface area contributed by atoms with E-state index in [-0.39, 0.29) is 0 Å². The Bertz CT molecular complexity index is 1120. The lowest BCUT2D eigenvalue weighted by molar-refractivity contribution is -0.0909. The number of likely N-dealkylation sites (tertiary alicyclic amines) is 1. The molecule has 238 valence electrons. The highest BCUT2D eigenvalue weighted by atomic mass is 19.4. The number of nitrogens with one attached hydrogen (secondary N) is 1. The number of fused-ring (bicyclic) bond motifs is 5. The molecule has 2 saturated carbocycles. The van der Waals surface area contributed by atoms with Crippen LogP contribution in [-0.4, -0.2) is 35.9 Å². The molecule has 0 aromatic carbocycles. The Morgan fingerprint density at radius 1 is 1.19 bits per heavy atom. The van der Waals surface area contributed by atoms with Crippen molar-refractivity contribution in [2.75, 3.05) is 13.1 Å². The Balaban J connectivity index is 0.000000517. The number of hydrogen-bond donors (Lipinski definition) is 1. The molecule has 0 radical (unpaired) electrons. The lowest BCUT2D eigenvalue weighted by atomic mass is 9.51. The van der Waals surface area contributed by atoms with Gasteiger partial charge in [0, 0.05) is 30.3 Å². The molecule has 1 aliphatic heterocycles. The van der Waals surface area contributed by atoms with Gasteiger partial charge in [0.1, 0.15) is 0 Å². The van der Waals surface area contributed by atoms with Gasteiger partial charge in [0.25, 0.3) is 0 Å². The van der Waals surface area contributed by atoms with Crippen LogP contribution in [-0.2, 0) is 0 Å². The average Bonchev–Trinajstić information content (AvgIpc) is 3.20. The number of nitrogens with zero attached hydrogens (tertiary/aromatic N) is 1. The Kier molecular flexibility index (Phi) is 9.47. The van der Waals surface area contributed by atoms with Crippen molar-refractivity contribution in [3.63, 3.8) is 0 Å². The summed E-state index contributed by atoms with van der Waals surface area (Å²) in [7, 11) is 0. The van der Waals surface area contributed by atoms with Crippen molar-refractivity contribution in [2.45, 2.75) is 132 Å². The topological polar surface area (TPSA) is 27.1 Å². The Morgan fingerprint density at radius 3 is 2.43 bits per heavy atom. The molecule has 1 N–H and O–H groups in total. The standard InChI is InChI=1S/C33H54N2.C4H5F3/c1-9-16-35-20-21(2)17-22(3)30(35)24(5)31(6)15-12-28-27(23(31)4)19-29-32(7)14-11-26(34)18-25(32)10-13-33(28,29)8;1-3(2)4(5,6)7/h10,21-22,24,28-30,34H,9,11-20H2,1-8H3;1H2,2H3/t21?,22?,24-,28?,29?,30?,31?,32?,33?;/m1./s1. The first-order chi connectivity index (χ1) is 19.4. The van der Waals surface area contributed by atoms with E-state index in [1.54, 1.807) is 11.1 Å². The summed E-state index contributed by atoms with van der Waals surface area (Å²) in [6, 6.07) is 0.720. The van der Waals surface area contributed by atoms with Crippen LogP contribution in [0.2, 0.25) is 0 Å². The highest BCUT2D eigenvalue weighted by Crippen LogP contribution is 2.70. The van der Waals surface area contributed by atoms with Crippen molar-refractivity contribution in [3.8, 4) is 0 Å². The molecule has 0 bridgehead atoms. The second-order valence-corrected chi connectivity index (χ2v) is 15.9. The van der Waals surface area contributed by atoms with Crippen molar-refractivity contribution >= 4 is 5.71 Å². The predicted octanol–water partition coefficient (Wildman–Crippen LogP) is 10.8. The van der Waals surface area contributed by atoms with Gasteiger partial charge in [0.2, 0.25) is 0 Å². The third-order valence-corrected chi connectivity index (χ3v) is 13.2. The third kappa shape index (κ3) is 5.74. The molecule has 0 aromatic rings. The van der Waals surface area contributed by atoms with Crippen LogP contribution in [0.1, 0.15) is 120 Å². The van der Waals surface area contributed by atoms with Gasteiger partial charge in [-0.2, -0.15) is 13.2 Å². The maximum Gasteiger partial charge on any atom is 0.411 e. The fraction of sp³-hybridized carbons (Fsp3) is 0.811. The fourth-order valence-electron chi connectivity index (χ4n) is 10.5. The molecule has 42 heavy (non-hydrogen) atoms. The molecule has 4 aliphatic carbocycles. The fourth-order valence-corrected chi connectivity index (χ4v) is 10.5. The summed E-state index contributed by atoms with van der Waals surface area (Å²) in [6.07, 6.45) is 9.57. The van der Waals surface area contributed by atoms with E-state index in [0.29, 0.717) is 22.2 Å². The van der Waals surface area contributed by atoms with Gasteiger partial charge in [0.05, 0.1) is 0 Å². The van der Waals surface area contributed by atoms with Gasteiger partial charge >= 0.3 is 6.18 Å². The van der Waals surface area contributed by atoms with Crippen LogP contribution in [0.15, 0.2) is 34.9 Å². The van der Waals surface area contributed by atoms with Crippen molar-refractivity contribution in [1.29, 1.82) is 5.41 Å². The molecular weight excluding hydrogens is 529 g/mol. The van der Waals surface area contributed by atoms with E-state index in [4.69, 9.17) is 5.41 Å². The first-order valence-corrected chi connectivity index (χ1v) is 16.8. The van der Waals surface area contributed by atoms with Crippen molar-refractivity contribution in [3.05, 3.63) is 34.9 Å². The van der Waals surface area contributed by atoms with Gasteiger partial charge in [-0.1, -0.05) is 77.8 Å². The summed E-state index contributed by atoms with van der Waals surface area (Å²) >= 11 is 0. The zero-order valence-corrected chi connectivity index (χ0v) is 28.1. The highest BCUT2D eigenvalue weighted by molar-refractivity contribution is 5.85. The predicted molar refractivity (Wildman–Crippen MR) is 171 cm³/mol. The minimum absolute atomic E-state index is 0.316. The zero-order chi connectivity index (χ0) is 31.4. The van der Waals surface area contributed by atoms with Gasteiger partial charge in [-0.3, -0.25) is 4.90 Å². The van der Waals surface area contributed by atoms with E-state index in [0.717, 1.165) is 55.2 Å². The number of halogens is 3. The number of piperidine rings is 1. The molecular formula is C37H59F3N2. The zero-order valence-electron chi connectivity index (χ0n) is 28.1. The molecule has 5 heteroatoms. The smallest absolute Gasteiger partial charge is 0.309 e. The number of alkyl halides is 3. The monoisotopic (exact) mass is 588 g/mol. The Morgan fingerprint density at radius 2 is 1.83 bits per heavy atom. The van der Waals surface area contributed by atoms with Gasteiger partial charge in [-0.05, 0) is 118 Å². The van der Waals surface area contributed by atoms with Crippen molar-refractivity contribution in [1.82, 2.24) is 4.90 Å². The summed E-state index contributed by atoms with van der Waals surface area (Å²) in [5.41, 5.74) is 6.54. The maximum absolute atomic E-state index is 11.1. The van der Waals surface area contributed by atoms with E-state index in [1.807, 2.05) is 5.57 Å². The minimum Gasteiger partial charge on any atom is -0.309 e. The molecule has 8 unspecified atom stereocenters. The molecule has 5 aliphatic rings. The molecule has 3 fully saturated rings. The van der Waals surface area contributed by atoms with Crippen molar-refractivity contribution < 1.29 is 13.2 Å². The molecule has 0 amide bonds. The molecule has 2 nitrogen and oxygen atoms in total. The van der Waals surface area contributed by atoms with E-state index in [1.165, 1.54) is 58.0 Å². The number of hydrogen-bond acceptors (Lipinski definition) is 2. The molecule has 9 atom stereocenters. The first kappa shape index (κ1) is 33.5. The summed E-state index contributed by atoms with van der Waals surface area (Å²) in [4.78, 5) is 2.89. The summed E-state index contributed by atoms with van der Waals surface area (Å²) in [5, 5.41) is 8.35. The van der Waals surface area contributed by atoms with E-state index < -0.39 is 11.7 Å². The molecule has 5 rings (SSSR count). The second-order valence-electron chi connectivity index (χ2n) is 15.9. The maximum atomic E-state index is 11.1. The van der Waals surface area contributed by atoms with E-state index in [9.17, 15) is 13.2 Å². The van der Waals surface area contributed by atoms with E-state index in [2.05, 4.69) is 72.9 Å². The SMILES string of the molecule is C=C(C)C(F)(F)F.CCCN1CC(C)CC(C)C1[C@@H](C)C1(C)CCC2C(=C1C)CC1C3(C)CCC(=N)CC3=CCC21C. The normalized spacial score (nSPS) is 41.2.